The van der Waals surface area contributed by atoms with E-state index in [1.54, 1.807) is 0 Å². The highest BCUT2D eigenvalue weighted by atomic mass is 32.2. The molecule has 5 heteroatoms. The average Bonchev–Trinajstić information content (AvgIpc) is 2.11. The van der Waals surface area contributed by atoms with E-state index in [4.69, 9.17) is 10.8 Å². The molecule has 12 heavy (non-hydrogen) atoms. The summed E-state index contributed by atoms with van der Waals surface area (Å²) in [5.41, 5.74) is 5.45. The summed E-state index contributed by atoms with van der Waals surface area (Å²) in [4.78, 5) is 10.8. The van der Waals surface area contributed by atoms with Gasteiger partial charge in [0.15, 0.2) is 0 Å². The van der Waals surface area contributed by atoms with Crippen LogP contribution in [0.5, 0.6) is 0 Å². The molecule has 72 valence electrons. The van der Waals surface area contributed by atoms with Crippen molar-refractivity contribution in [2.75, 3.05) is 19.5 Å². The summed E-state index contributed by atoms with van der Waals surface area (Å²) in [6.45, 7) is 1.97. The highest BCUT2D eigenvalue weighted by Crippen LogP contribution is 2.10. The van der Waals surface area contributed by atoms with Crippen LogP contribution in [0.3, 0.4) is 0 Å². The quantitative estimate of drug-likeness (QED) is 0.581. The van der Waals surface area contributed by atoms with E-state index in [2.05, 4.69) is 4.74 Å². The van der Waals surface area contributed by atoms with Crippen LogP contribution < -0.4 is 5.73 Å². The predicted molar refractivity (Wildman–Crippen MR) is 49.0 cm³/mol. The van der Waals surface area contributed by atoms with Gasteiger partial charge in [-0.2, -0.15) is 11.8 Å². The van der Waals surface area contributed by atoms with Gasteiger partial charge in [0, 0.05) is 11.0 Å². The summed E-state index contributed by atoms with van der Waals surface area (Å²) in [5, 5.41) is 8.78. The highest BCUT2D eigenvalue weighted by molar-refractivity contribution is 7.99. The molecule has 0 amide bonds. The minimum Gasteiger partial charge on any atom is -0.468 e. The molecule has 2 unspecified atom stereocenters. The Morgan fingerprint density at radius 2 is 2.33 bits per heavy atom. The third-order valence-electron chi connectivity index (χ3n) is 1.32. The molecular weight excluding hydrogens is 178 g/mol. The van der Waals surface area contributed by atoms with Crippen LogP contribution in [0.4, 0.5) is 0 Å². The first-order valence-electron chi connectivity index (χ1n) is 3.67. The van der Waals surface area contributed by atoms with Crippen molar-refractivity contribution in [2.45, 2.75) is 18.2 Å². The Morgan fingerprint density at radius 3 is 2.75 bits per heavy atom. The van der Waals surface area contributed by atoms with Crippen molar-refractivity contribution in [2.24, 2.45) is 5.73 Å². The van der Waals surface area contributed by atoms with Gasteiger partial charge in [0.2, 0.25) is 0 Å². The lowest BCUT2D eigenvalue weighted by Crippen LogP contribution is -2.34. The first-order valence-corrected chi connectivity index (χ1v) is 4.72. The van der Waals surface area contributed by atoms with E-state index in [1.807, 2.05) is 6.92 Å². The Morgan fingerprint density at radius 1 is 1.75 bits per heavy atom. The van der Waals surface area contributed by atoms with Crippen molar-refractivity contribution in [3.63, 3.8) is 0 Å². The van der Waals surface area contributed by atoms with Crippen molar-refractivity contribution < 1.29 is 14.6 Å². The minimum atomic E-state index is -0.589. The molecule has 0 aliphatic heterocycles. The molecule has 2 atom stereocenters. The van der Waals surface area contributed by atoms with Gasteiger partial charge in [0.05, 0.1) is 13.7 Å². The summed E-state index contributed by atoms with van der Waals surface area (Å²) < 4.78 is 4.44. The number of aliphatic hydroxyl groups is 1. The number of aliphatic hydroxyl groups excluding tert-OH is 1. The minimum absolute atomic E-state index is 0.0958. The first-order chi connectivity index (χ1) is 5.61. The van der Waals surface area contributed by atoms with Crippen molar-refractivity contribution >= 4 is 17.7 Å². The first kappa shape index (κ1) is 11.7. The zero-order valence-corrected chi connectivity index (χ0v) is 8.13. The third-order valence-corrected chi connectivity index (χ3v) is 2.59. The smallest absolute Gasteiger partial charge is 0.323 e. The molecule has 0 aromatic heterocycles. The number of carbonyl (C=O) groups excluding carboxylic acids is 1. The van der Waals surface area contributed by atoms with Crippen LogP contribution >= 0.6 is 11.8 Å². The number of hydrogen-bond donors (Lipinski definition) is 2. The van der Waals surface area contributed by atoms with E-state index in [1.165, 1.54) is 18.9 Å². The van der Waals surface area contributed by atoms with Crippen molar-refractivity contribution in [3.05, 3.63) is 0 Å². The largest absolute Gasteiger partial charge is 0.468 e. The van der Waals surface area contributed by atoms with Gasteiger partial charge in [-0.3, -0.25) is 4.79 Å². The van der Waals surface area contributed by atoms with Gasteiger partial charge in [-0.1, -0.05) is 6.92 Å². The number of nitrogens with two attached hydrogens (primary N) is 1. The predicted octanol–water partition coefficient (Wildman–Crippen LogP) is -0.399. The molecule has 0 spiro atoms. The van der Waals surface area contributed by atoms with Gasteiger partial charge in [-0.25, -0.2) is 0 Å². The van der Waals surface area contributed by atoms with Gasteiger partial charge in [0.25, 0.3) is 0 Å². The SMILES string of the molecule is COC(=O)C(N)CSC(C)CO. The standard InChI is InChI=1S/C7H15NO3S/c1-5(3-9)12-4-6(8)7(10)11-2/h5-6,9H,3-4,8H2,1-2H3. The Labute approximate surface area is 76.5 Å². The van der Waals surface area contributed by atoms with Crippen molar-refractivity contribution in [1.29, 1.82) is 0 Å². The Hall–Kier alpha value is -0.260. The van der Waals surface area contributed by atoms with Crippen LogP contribution in [0, 0.1) is 0 Å². The van der Waals surface area contributed by atoms with Crippen LogP contribution in [-0.4, -0.2) is 41.8 Å². The summed E-state index contributed by atoms with van der Waals surface area (Å²) in [5.74, 6) is 0.0710. The maximum absolute atomic E-state index is 10.8. The molecule has 0 radical (unpaired) electrons. The van der Waals surface area contributed by atoms with E-state index in [0.29, 0.717) is 5.75 Å². The van der Waals surface area contributed by atoms with Gasteiger partial charge < -0.3 is 15.6 Å². The second-order valence-corrected chi connectivity index (χ2v) is 3.93. The molecule has 0 heterocycles. The maximum atomic E-state index is 10.8. The number of esters is 1. The van der Waals surface area contributed by atoms with Gasteiger partial charge in [0.1, 0.15) is 6.04 Å². The molecule has 0 rings (SSSR count). The van der Waals surface area contributed by atoms with Crippen LogP contribution in [0.2, 0.25) is 0 Å². The average molecular weight is 193 g/mol. The number of hydrogen-bond acceptors (Lipinski definition) is 5. The topological polar surface area (TPSA) is 72.5 Å². The number of carbonyl (C=O) groups is 1. The van der Waals surface area contributed by atoms with E-state index < -0.39 is 12.0 Å². The maximum Gasteiger partial charge on any atom is 0.323 e. The second kappa shape index (κ2) is 6.28. The molecule has 0 bridgehead atoms. The van der Waals surface area contributed by atoms with Gasteiger partial charge >= 0.3 is 5.97 Å². The molecule has 0 fully saturated rings. The fourth-order valence-corrected chi connectivity index (χ4v) is 1.32. The Balaban J connectivity index is 3.56. The van der Waals surface area contributed by atoms with E-state index in [9.17, 15) is 4.79 Å². The fourth-order valence-electron chi connectivity index (χ4n) is 0.540. The third kappa shape index (κ3) is 4.58. The molecular formula is C7H15NO3S. The zero-order chi connectivity index (χ0) is 9.56. The molecule has 0 aromatic carbocycles. The number of rotatable bonds is 5. The van der Waals surface area contributed by atoms with Crippen LogP contribution in [-0.2, 0) is 9.53 Å². The Kier molecular flexibility index (Phi) is 6.14. The Bertz CT molecular complexity index is 143. The zero-order valence-electron chi connectivity index (χ0n) is 7.32. The lowest BCUT2D eigenvalue weighted by atomic mass is 10.4. The lowest BCUT2D eigenvalue weighted by molar-refractivity contribution is -0.141. The van der Waals surface area contributed by atoms with Crippen LogP contribution in [0.1, 0.15) is 6.92 Å². The molecule has 0 aliphatic rings. The summed E-state index contributed by atoms with van der Waals surface area (Å²) in [7, 11) is 1.31. The molecule has 4 nitrogen and oxygen atoms in total. The highest BCUT2D eigenvalue weighted by Gasteiger charge is 2.14. The van der Waals surface area contributed by atoms with E-state index >= 15 is 0 Å². The molecule has 0 aromatic rings. The fraction of sp³-hybridized carbons (Fsp3) is 0.857. The number of ether oxygens (including phenoxy) is 1. The lowest BCUT2D eigenvalue weighted by Gasteiger charge is -2.11. The number of methoxy groups -OCH3 is 1. The van der Waals surface area contributed by atoms with E-state index in [0.717, 1.165) is 0 Å². The van der Waals surface area contributed by atoms with Crippen LogP contribution in [0.25, 0.3) is 0 Å². The van der Waals surface area contributed by atoms with E-state index in [-0.39, 0.29) is 11.9 Å². The molecule has 0 saturated carbocycles. The summed E-state index contributed by atoms with van der Waals surface area (Å²) in [6, 6.07) is -0.589. The number of thioether (sulfide) groups is 1. The molecule has 3 N–H and O–H groups in total. The van der Waals surface area contributed by atoms with Gasteiger partial charge in [-0.15, -0.1) is 0 Å². The molecule has 0 aliphatic carbocycles. The van der Waals surface area contributed by atoms with Crippen molar-refractivity contribution in [1.82, 2.24) is 0 Å². The van der Waals surface area contributed by atoms with Crippen LogP contribution in [0.15, 0.2) is 0 Å². The van der Waals surface area contributed by atoms with Gasteiger partial charge in [-0.05, 0) is 0 Å². The molecule has 0 saturated heterocycles. The van der Waals surface area contributed by atoms with Crippen molar-refractivity contribution in [3.8, 4) is 0 Å². The monoisotopic (exact) mass is 193 g/mol. The summed E-state index contributed by atoms with van der Waals surface area (Å²) in [6.07, 6.45) is 0. The normalized spacial score (nSPS) is 15.3. The second-order valence-electron chi connectivity index (χ2n) is 2.46. The summed E-state index contributed by atoms with van der Waals surface area (Å²) >= 11 is 1.45.